The lowest BCUT2D eigenvalue weighted by Crippen LogP contribution is -1.90. The average Bonchev–Trinajstić information content (AvgIpc) is 3.10. The van der Waals surface area contributed by atoms with Crippen LogP contribution in [0.15, 0.2) is 42.5 Å². The van der Waals surface area contributed by atoms with Crippen LogP contribution in [0.3, 0.4) is 0 Å². The second-order valence-corrected chi connectivity index (χ2v) is 4.18. The number of hydrogen-bond donors (Lipinski definition) is 0. The van der Waals surface area contributed by atoms with Crippen LogP contribution >= 0.6 is 0 Å². The molecule has 1 heteroatoms. The molecule has 0 spiro atoms. The highest BCUT2D eigenvalue weighted by molar-refractivity contribution is 5.82. The third-order valence-electron chi connectivity index (χ3n) is 2.97. The van der Waals surface area contributed by atoms with Crippen molar-refractivity contribution in [1.29, 1.82) is 0 Å². The summed E-state index contributed by atoms with van der Waals surface area (Å²) in [6.45, 7) is 0.966. The Morgan fingerprint density at radius 3 is 2.67 bits per heavy atom. The Bertz CT molecular complexity index is 471. The van der Waals surface area contributed by atoms with Crippen molar-refractivity contribution in [1.82, 2.24) is 0 Å². The monoisotopic (exact) mass is 198 g/mol. The Hall–Kier alpha value is -1.34. The Morgan fingerprint density at radius 1 is 1.07 bits per heavy atom. The van der Waals surface area contributed by atoms with E-state index in [9.17, 15) is 0 Å². The number of ether oxygens (including phenoxy) is 1. The molecule has 15 heavy (non-hydrogen) atoms. The molecule has 1 fully saturated rings. The van der Waals surface area contributed by atoms with Crippen LogP contribution in [0.5, 0.6) is 0 Å². The Morgan fingerprint density at radius 2 is 1.87 bits per heavy atom. The van der Waals surface area contributed by atoms with Crippen molar-refractivity contribution in [3.05, 3.63) is 48.0 Å². The molecule has 2 aromatic rings. The molecule has 1 aliphatic heterocycles. The van der Waals surface area contributed by atoms with Gasteiger partial charge in [0.1, 0.15) is 0 Å². The first-order chi connectivity index (χ1) is 7.42. The van der Waals surface area contributed by atoms with E-state index in [1.807, 2.05) is 0 Å². The molecule has 3 rings (SSSR count). The third-order valence-corrected chi connectivity index (χ3v) is 2.97. The number of hydrogen-bond acceptors (Lipinski definition) is 1. The molecule has 0 amide bonds. The number of fused-ring (bicyclic) bond motifs is 1. The molecule has 76 valence electrons. The minimum absolute atomic E-state index is 0.538. The molecule has 0 unspecified atom stereocenters. The predicted octanol–water partition coefficient (Wildman–Crippen LogP) is 3.17. The maximum atomic E-state index is 5.22. The number of benzene rings is 2. The summed E-state index contributed by atoms with van der Waals surface area (Å²) in [6.07, 6.45) is 2.84. The van der Waals surface area contributed by atoms with Crippen LogP contribution in [0.2, 0.25) is 0 Å². The first-order valence-corrected chi connectivity index (χ1v) is 5.51. The molecule has 0 saturated carbocycles. The summed E-state index contributed by atoms with van der Waals surface area (Å²) >= 11 is 0. The fourth-order valence-corrected chi connectivity index (χ4v) is 1.96. The SMILES string of the molecule is c1ccc2cc(CC[C@H]3CO3)ccc2c1. The summed E-state index contributed by atoms with van der Waals surface area (Å²) in [4.78, 5) is 0. The van der Waals surface area contributed by atoms with Gasteiger partial charge in [0.05, 0.1) is 12.7 Å². The molecule has 0 aromatic heterocycles. The van der Waals surface area contributed by atoms with Crippen LogP contribution < -0.4 is 0 Å². The van der Waals surface area contributed by atoms with Gasteiger partial charge in [-0.25, -0.2) is 0 Å². The fraction of sp³-hybridized carbons (Fsp3) is 0.286. The van der Waals surface area contributed by atoms with Crippen LogP contribution in [0, 0.1) is 0 Å². The van der Waals surface area contributed by atoms with E-state index in [-0.39, 0.29) is 0 Å². The lowest BCUT2D eigenvalue weighted by molar-refractivity contribution is 0.397. The van der Waals surface area contributed by atoms with Crippen molar-refractivity contribution < 1.29 is 4.74 Å². The van der Waals surface area contributed by atoms with Gasteiger partial charge < -0.3 is 4.74 Å². The molecule has 2 aromatic carbocycles. The molecule has 1 nitrogen and oxygen atoms in total. The quantitative estimate of drug-likeness (QED) is 0.690. The van der Waals surface area contributed by atoms with Gasteiger partial charge in [-0.05, 0) is 29.2 Å². The van der Waals surface area contributed by atoms with Crippen LogP contribution in [0.4, 0.5) is 0 Å². The molecule has 1 aliphatic rings. The first-order valence-electron chi connectivity index (χ1n) is 5.51. The largest absolute Gasteiger partial charge is 0.373 e. The highest BCUT2D eigenvalue weighted by Gasteiger charge is 2.21. The minimum atomic E-state index is 0.538. The van der Waals surface area contributed by atoms with E-state index in [2.05, 4.69) is 42.5 Å². The van der Waals surface area contributed by atoms with Gasteiger partial charge in [-0.3, -0.25) is 0 Å². The van der Waals surface area contributed by atoms with Gasteiger partial charge >= 0.3 is 0 Å². The Labute approximate surface area is 89.7 Å². The fourth-order valence-electron chi connectivity index (χ4n) is 1.96. The lowest BCUT2D eigenvalue weighted by atomic mass is 10.0. The zero-order chi connectivity index (χ0) is 10.1. The van der Waals surface area contributed by atoms with Crippen molar-refractivity contribution >= 4 is 10.8 Å². The smallest absolute Gasteiger partial charge is 0.0813 e. The second-order valence-electron chi connectivity index (χ2n) is 4.18. The van der Waals surface area contributed by atoms with E-state index in [4.69, 9.17) is 4.74 Å². The second kappa shape index (κ2) is 3.67. The van der Waals surface area contributed by atoms with Crippen LogP contribution in [0.25, 0.3) is 10.8 Å². The van der Waals surface area contributed by atoms with Crippen molar-refractivity contribution in [3.63, 3.8) is 0 Å². The molecular formula is C14H14O. The van der Waals surface area contributed by atoms with Crippen molar-refractivity contribution in [2.75, 3.05) is 6.61 Å². The Balaban J connectivity index is 1.84. The highest BCUT2D eigenvalue weighted by Crippen LogP contribution is 2.20. The van der Waals surface area contributed by atoms with Crippen LogP contribution in [-0.2, 0) is 11.2 Å². The van der Waals surface area contributed by atoms with Crippen LogP contribution in [0.1, 0.15) is 12.0 Å². The summed E-state index contributed by atoms with van der Waals surface area (Å²) in [5.74, 6) is 0. The topological polar surface area (TPSA) is 12.5 Å². The number of aryl methyl sites for hydroxylation is 1. The maximum absolute atomic E-state index is 5.22. The van der Waals surface area contributed by atoms with E-state index >= 15 is 0 Å². The molecule has 0 radical (unpaired) electrons. The van der Waals surface area contributed by atoms with E-state index in [0.717, 1.165) is 13.0 Å². The predicted molar refractivity (Wildman–Crippen MR) is 62.0 cm³/mol. The van der Waals surface area contributed by atoms with Crippen molar-refractivity contribution in [2.24, 2.45) is 0 Å². The zero-order valence-corrected chi connectivity index (χ0v) is 8.65. The average molecular weight is 198 g/mol. The zero-order valence-electron chi connectivity index (χ0n) is 8.65. The van der Waals surface area contributed by atoms with Gasteiger partial charge in [-0.15, -0.1) is 0 Å². The lowest BCUT2D eigenvalue weighted by Gasteiger charge is -2.02. The molecule has 1 atom stereocenters. The third kappa shape index (κ3) is 2.02. The normalized spacial score (nSPS) is 19.3. The van der Waals surface area contributed by atoms with Gasteiger partial charge in [-0.2, -0.15) is 0 Å². The number of epoxide rings is 1. The van der Waals surface area contributed by atoms with Gasteiger partial charge in [0, 0.05) is 0 Å². The van der Waals surface area contributed by atoms with Gasteiger partial charge in [0.25, 0.3) is 0 Å². The summed E-state index contributed by atoms with van der Waals surface area (Å²) in [5.41, 5.74) is 1.42. The standard InChI is InChI=1S/C14H14O/c1-2-4-13-9-11(5-7-12(13)3-1)6-8-14-10-15-14/h1-5,7,9,14H,6,8,10H2/t14-/m0/s1. The Kier molecular flexibility index (Phi) is 2.18. The summed E-state index contributed by atoms with van der Waals surface area (Å²) in [5, 5.41) is 2.66. The molecule has 1 saturated heterocycles. The number of rotatable bonds is 3. The minimum Gasteiger partial charge on any atom is -0.373 e. The highest BCUT2D eigenvalue weighted by atomic mass is 16.6. The van der Waals surface area contributed by atoms with E-state index in [1.54, 1.807) is 0 Å². The molecule has 0 bridgehead atoms. The summed E-state index contributed by atoms with van der Waals surface area (Å²) < 4.78 is 5.22. The molecule has 0 N–H and O–H groups in total. The summed E-state index contributed by atoms with van der Waals surface area (Å²) in [6, 6.07) is 15.2. The van der Waals surface area contributed by atoms with E-state index in [0.29, 0.717) is 6.10 Å². The summed E-state index contributed by atoms with van der Waals surface area (Å²) in [7, 11) is 0. The molecule has 0 aliphatic carbocycles. The van der Waals surface area contributed by atoms with Gasteiger partial charge in [0.15, 0.2) is 0 Å². The van der Waals surface area contributed by atoms with Crippen LogP contribution in [-0.4, -0.2) is 12.7 Å². The van der Waals surface area contributed by atoms with E-state index in [1.165, 1.54) is 22.8 Å². The van der Waals surface area contributed by atoms with E-state index < -0.39 is 0 Å². The first kappa shape index (κ1) is 8.93. The van der Waals surface area contributed by atoms with Crippen molar-refractivity contribution in [2.45, 2.75) is 18.9 Å². The van der Waals surface area contributed by atoms with Gasteiger partial charge in [-0.1, -0.05) is 42.5 Å². The van der Waals surface area contributed by atoms with Gasteiger partial charge in [0.2, 0.25) is 0 Å². The molecule has 1 heterocycles. The maximum Gasteiger partial charge on any atom is 0.0813 e. The van der Waals surface area contributed by atoms with Crippen molar-refractivity contribution in [3.8, 4) is 0 Å². The molecular weight excluding hydrogens is 184 g/mol.